The number of rotatable bonds is 1. The second-order valence-corrected chi connectivity index (χ2v) is 7.91. The van der Waals surface area contributed by atoms with Crippen LogP contribution < -0.4 is 5.46 Å². The fourth-order valence-electron chi connectivity index (χ4n) is 4.41. The first-order valence-electron chi connectivity index (χ1n) is 9.78. The van der Waals surface area contributed by atoms with Gasteiger partial charge in [0, 0.05) is 33.4 Å². The molecule has 0 aliphatic carbocycles. The van der Waals surface area contributed by atoms with Gasteiger partial charge in [-0.25, -0.2) is 4.98 Å². The third-order valence-corrected chi connectivity index (χ3v) is 5.83. The highest BCUT2D eigenvalue weighted by Gasteiger charge is 2.16. The van der Waals surface area contributed by atoms with Gasteiger partial charge in [0.2, 0.25) is 0 Å². The topological polar surface area (TPSA) is 44.5 Å². The van der Waals surface area contributed by atoms with E-state index in [-0.39, 0.29) is 0 Å². The van der Waals surface area contributed by atoms with Crippen LogP contribution in [0.4, 0.5) is 0 Å². The monoisotopic (exact) mass is 371 g/mol. The van der Waals surface area contributed by atoms with Crippen LogP contribution in [-0.2, 0) is 0 Å². The summed E-state index contributed by atoms with van der Waals surface area (Å²) in [5, 5.41) is 5.83. The summed E-state index contributed by atoms with van der Waals surface area (Å²) < 4.78 is 0. The normalized spacial score (nSPS) is 11.9. The highest BCUT2D eigenvalue weighted by Crippen LogP contribution is 2.36. The van der Waals surface area contributed by atoms with Crippen molar-refractivity contribution in [3.05, 3.63) is 71.9 Å². The van der Waals surface area contributed by atoms with Crippen molar-refractivity contribution in [2.75, 3.05) is 0 Å². The van der Waals surface area contributed by atoms with Crippen molar-refractivity contribution in [3.63, 3.8) is 0 Å². The number of aryl methyl sites for hydroxylation is 2. The molecule has 2 heterocycles. The Morgan fingerprint density at radius 3 is 2.34 bits per heavy atom. The van der Waals surface area contributed by atoms with E-state index < -0.39 is 0 Å². The Morgan fingerprint density at radius 2 is 1.48 bits per heavy atom. The molecule has 6 rings (SSSR count). The van der Waals surface area contributed by atoms with Gasteiger partial charge >= 0.3 is 0 Å². The average Bonchev–Trinajstić information content (AvgIpc) is 3.32. The van der Waals surface area contributed by atoms with Crippen LogP contribution in [0.2, 0.25) is 0 Å². The Balaban J connectivity index is 1.77. The molecular weight excluding hydrogens is 353 g/mol. The van der Waals surface area contributed by atoms with Crippen LogP contribution >= 0.6 is 0 Å². The third-order valence-electron chi connectivity index (χ3n) is 5.83. The van der Waals surface area contributed by atoms with Gasteiger partial charge in [-0.15, -0.1) is 0 Å². The van der Waals surface area contributed by atoms with Crippen molar-refractivity contribution in [1.82, 2.24) is 15.0 Å². The molecule has 4 aromatic carbocycles. The largest absolute Gasteiger partial charge is 0.360 e. The molecular formula is C25H18BN3. The van der Waals surface area contributed by atoms with E-state index in [4.69, 9.17) is 12.8 Å². The van der Waals surface area contributed by atoms with Crippen LogP contribution in [0.5, 0.6) is 0 Å². The summed E-state index contributed by atoms with van der Waals surface area (Å²) in [5.41, 5.74) is 7.42. The van der Waals surface area contributed by atoms with Crippen LogP contribution in [0, 0.1) is 13.8 Å². The van der Waals surface area contributed by atoms with Crippen molar-refractivity contribution in [1.29, 1.82) is 0 Å². The first-order chi connectivity index (χ1) is 14.1. The summed E-state index contributed by atoms with van der Waals surface area (Å²) in [4.78, 5) is 12.0. The average molecular weight is 371 g/mol. The minimum atomic E-state index is 0.748. The molecule has 3 nitrogen and oxygen atoms in total. The number of H-pyrrole nitrogens is 2. The number of benzene rings is 4. The molecule has 2 N–H and O–H groups in total. The van der Waals surface area contributed by atoms with Crippen molar-refractivity contribution < 1.29 is 0 Å². The van der Waals surface area contributed by atoms with E-state index in [0.29, 0.717) is 0 Å². The highest BCUT2D eigenvalue weighted by atomic mass is 14.9. The molecule has 0 aliphatic rings. The second-order valence-electron chi connectivity index (χ2n) is 7.91. The van der Waals surface area contributed by atoms with Gasteiger partial charge in [0.25, 0.3) is 0 Å². The van der Waals surface area contributed by atoms with Gasteiger partial charge in [-0.3, -0.25) is 0 Å². The molecule has 29 heavy (non-hydrogen) atoms. The zero-order chi connectivity index (χ0) is 19.7. The minimum absolute atomic E-state index is 0.748. The van der Waals surface area contributed by atoms with Crippen molar-refractivity contribution in [2.24, 2.45) is 0 Å². The first-order valence-corrected chi connectivity index (χ1v) is 9.78. The first kappa shape index (κ1) is 16.4. The van der Waals surface area contributed by atoms with Crippen LogP contribution in [0.1, 0.15) is 11.1 Å². The lowest BCUT2D eigenvalue weighted by molar-refractivity contribution is 1.34. The fourth-order valence-corrected chi connectivity index (χ4v) is 4.41. The molecule has 0 unspecified atom stereocenters. The highest BCUT2D eigenvalue weighted by molar-refractivity contribution is 6.35. The third kappa shape index (κ3) is 2.35. The van der Waals surface area contributed by atoms with Crippen LogP contribution in [0.3, 0.4) is 0 Å². The van der Waals surface area contributed by atoms with Gasteiger partial charge in [0.1, 0.15) is 13.7 Å². The van der Waals surface area contributed by atoms with Gasteiger partial charge in [-0.1, -0.05) is 53.0 Å². The molecule has 0 fully saturated rings. The number of imidazole rings is 1. The predicted octanol–water partition coefficient (Wildman–Crippen LogP) is 5.43. The quantitative estimate of drug-likeness (QED) is 0.294. The Labute approximate surface area is 169 Å². The van der Waals surface area contributed by atoms with Crippen LogP contribution in [-0.4, -0.2) is 22.8 Å². The summed E-state index contributed by atoms with van der Waals surface area (Å²) >= 11 is 0. The lowest BCUT2D eigenvalue weighted by Crippen LogP contribution is -2.00. The molecule has 0 atom stereocenters. The van der Waals surface area contributed by atoms with Gasteiger partial charge in [-0.2, -0.15) is 0 Å². The summed E-state index contributed by atoms with van der Waals surface area (Å²) in [5.74, 6) is 0.870. The molecule has 136 valence electrons. The molecule has 0 saturated carbocycles. The lowest BCUT2D eigenvalue weighted by atomic mass is 9.91. The molecule has 0 bridgehead atoms. The van der Waals surface area contributed by atoms with Crippen LogP contribution in [0.15, 0.2) is 60.8 Å². The Bertz CT molecular complexity index is 1510. The van der Waals surface area contributed by atoms with E-state index in [1.54, 1.807) is 0 Å². The molecule has 0 saturated heterocycles. The Kier molecular flexibility index (Phi) is 3.25. The standard InChI is InChI=1S/C25H18BN3/c1-13-3-6-16-17-7-5-15(26)11-20(17)24-23(19(16)10-13)28-25(29-24)21-12-27-22-8-4-14(2)9-18(21)22/h3-12,27H,1-2H3,(H,28,29). The number of fused-ring (bicyclic) bond motifs is 7. The van der Waals surface area contributed by atoms with Crippen LogP contribution in [0.25, 0.3) is 54.9 Å². The van der Waals surface area contributed by atoms with E-state index in [1.807, 2.05) is 18.3 Å². The van der Waals surface area contributed by atoms with E-state index in [9.17, 15) is 0 Å². The maximum absolute atomic E-state index is 6.13. The molecule has 6 aromatic rings. The van der Waals surface area contributed by atoms with Gasteiger partial charge in [0.15, 0.2) is 0 Å². The maximum Gasteiger partial charge on any atom is 0.140 e. The molecule has 0 amide bonds. The van der Waals surface area contributed by atoms with Gasteiger partial charge in [0.05, 0.1) is 11.0 Å². The molecule has 0 aliphatic heterocycles. The number of aromatic nitrogens is 3. The molecule has 2 aromatic heterocycles. The second kappa shape index (κ2) is 5.74. The Morgan fingerprint density at radius 1 is 0.759 bits per heavy atom. The lowest BCUT2D eigenvalue weighted by Gasteiger charge is -2.08. The number of nitrogens with one attached hydrogen (secondary N) is 2. The number of aromatic amines is 2. The van der Waals surface area contributed by atoms with Crippen molar-refractivity contribution in [3.8, 4) is 11.4 Å². The van der Waals surface area contributed by atoms with Crippen molar-refractivity contribution >= 4 is 56.8 Å². The summed E-state index contributed by atoms with van der Waals surface area (Å²) in [6.45, 7) is 4.24. The van der Waals surface area contributed by atoms with E-state index in [0.717, 1.165) is 38.8 Å². The SMILES string of the molecule is [B]c1ccc2c3ccc(C)cc3c3[nH]c(-c4c[nH]c5ccc(C)cc45)nc3c2c1. The molecule has 0 spiro atoms. The van der Waals surface area contributed by atoms with E-state index >= 15 is 0 Å². The summed E-state index contributed by atoms with van der Waals surface area (Å²) in [7, 11) is 6.13. The smallest absolute Gasteiger partial charge is 0.140 e. The zero-order valence-corrected chi connectivity index (χ0v) is 16.3. The molecule has 4 heteroatoms. The minimum Gasteiger partial charge on any atom is -0.360 e. The van der Waals surface area contributed by atoms with Gasteiger partial charge < -0.3 is 9.97 Å². The van der Waals surface area contributed by atoms with E-state index in [2.05, 4.69) is 66.3 Å². The summed E-state index contributed by atoms with van der Waals surface area (Å²) in [6.07, 6.45) is 2.03. The van der Waals surface area contributed by atoms with E-state index in [1.165, 1.54) is 32.7 Å². The van der Waals surface area contributed by atoms with Crippen molar-refractivity contribution in [2.45, 2.75) is 13.8 Å². The Hall–Kier alpha value is -3.53. The summed E-state index contributed by atoms with van der Waals surface area (Å²) in [6, 6.07) is 19.1. The number of hydrogen-bond acceptors (Lipinski definition) is 1. The fraction of sp³-hybridized carbons (Fsp3) is 0.0800. The number of nitrogens with zero attached hydrogens (tertiary/aromatic N) is 1. The van der Waals surface area contributed by atoms with Gasteiger partial charge in [-0.05, 0) is 42.8 Å². The number of hydrogen-bond donors (Lipinski definition) is 2. The predicted molar refractivity (Wildman–Crippen MR) is 123 cm³/mol. The molecule has 2 radical (unpaired) electrons. The zero-order valence-electron chi connectivity index (χ0n) is 16.3. The maximum atomic E-state index is 6.13.